The van der Waals surface area contributed by atoms with Crippen molar-refractivity contribution >= 4 is 5.91 Å². The van der Waals surface area contributed by atoms with Gasteiger partial charge in [-0.3, -0.25) is 9.69 Å². The van der Waals surface area contributed by atoms with Crippen molar-refractivity contribution in [1.29, 1.82) is 0 Å². The van der Waals surface area contributed by atoms with Crippen LogP contribution in [0.5, 0.6) is 5.88 Å². The van der Waals surface area contributed by atoms with E-state index < -0.39 is 17.4 Å². The Bertz CT molecular complexity index is 937. The standard InChI is InChI=1S/C30H47F2N3O4/c1-29(2)21-39-15-5-7-24-18-34(19-25-6-4-13-33-28(25)38-3)14-10-23(24)16-27(37)35(20-26(29)36)17-22-8-11-30(31,32)12-9-22/h4,6,13,22-24,26,36H,5,7-12,14-21H2,1-3H3/t23-,24-,26-/m0/s1. The zero-order valence-corrected chi connectivity index (χ0v) is 23.9. The summed E-state index contributed by atoms with van der Waals surface area (Å²) >= 11 is 0. The fourth-order valence-electron chi connectivity index (χ4n) is 6.43. The first-order chi connectivity index (χ1) is 18.6. The molecule has 0 spiro atoms. The molecule has 0 unspecified atom stereocenters. The molecule has 3 fully saturated rings. The summed E-state index contributed by atoms with van der Waals surface area (Å²) in [7, 11) is 1.64. The number of likely N-dealkylation sites (tertiary alicyclic amines) is 1. The van der Waals surface area contributed by atoms with Crippen LogP contribution in [0.1, 0.15) is 70.8 Å². The maximum absolute atomic E-state index is 13.8. The number of ether oxygens (including phenoxy) is 2. The summed E-state index contributed by atoms with van der Waals surface area (Å²) in [6.45, 7) is 8.15. The second kappa shape index (κ2) is 13.2. The van der Waals surface area contributed by atoms with Crippen molar-refractivity contribution in [3.8, 4) is 5.88 Å². The van der Waals surface area contributed by atoms with Gasteiger partial charge in [-0.05, 0) is 62.5 Å². The Morgan fingerprint density at radius 2 is 1.92 bits per heavy atom. The Morgan fingerprint density at radius 3 is 2.67 bits per heavy atom. The molecule has 1 aromatic heterocycles. The molecule has 4 rings (SSSR count). The molecular formula is C30H47F2N3O4. The Hall–Kier alpha value is -1.84. The number of carbonyl (C=O) groups excluding carboxylic acids is 1. The molecule has 39 heavy (non-hydrogen) atoms. The van der Waals surface area contributed by atoms with Crippen molar-refractivity contribution in [2.24, 2.45) is 23.2 Å². The Morgan fingerprint density at radius 1 is 1.15 bits per heavy atom. The molecule has 9 heteroatoms. The molecule has 2 aliphatic heterocycles. The van der Waals surface area contributed by atoms with E-state index in [2.05, 4.69) is 9.88 Å². The molecule has 0 aromatic carbocycles. The second-order valence-corrected chi connectivity index (χ2v) is 12.7. The smallest absolute Gasteiger partial charge is 0.248 e. The van der Waals surface area contributed by atoms with Gasteiger partial charge < -0.3 is 19.5 Å². The number of fused-ring (bicyclic) bond motifs is 1. The average Bonchev–Trinajstić information content (AvgIpc) is 2.90. The fraction of sp³-hybridized carbons (Fsp3) is 0.800. The predicted molar refractivity (Wildman–Crippen MR) is 146 cm³/mol. The number of piperidine rings is 1. The molecule has 7 nitrogen and oxygen atoms in total. The van der Waals surface area contributed by atoms with E-state index in [-0.39, 0.29) is 37.1 Å². The lowest BCUT2D eigenvalue weighted by Gasteiger charge is -2.40. The third kappa shape index (κ3) is 8.33. The summed E-state index contributed by atoms with van der Waals surface area (Å²) in [5.41, 5.74) is 0.543. The van der Waals surface area contributed by atoms with Gasteiger partial charge in [0.15, 0.2) is 0 Å². The number of hydrogen-bond donors (Lipinski definition) is 1. The van der Waals surface area contributed by atoms with Crippen LogP contribution < -0.4 is 4.74 Å². The van der Waals surface area contributed by atoms with Crippen molar-refractivity contribution in [2.45, 2.75) is 83.8 Å². The van der Waals surface area contributed by atoms with Crippen LogP contribution in [0.3, 0.4) is 0 Å². The highest BCUT2D eigenvalue weighted by Crippen LogP contribution is 2.38. The van der Waals surface area contributed by atoms with E-state index in [4.69, 9.17) is 9.47 Å². The van der Waals surface area contributed by atoms with Gasteiger partial charge in [0, 0.05) is 69.2 Å². The molecular weight excluding hydrogens is 504 g/mol. The molecule has 1 saturated carbocycles. The van der Waals surface area contributed by atoms with Crippen LogP contribution in [-0.4, -0.2) is 84.3 Å². The van der Waals surface area contributed by atoms with E-state index >= 15 is 0 Å². The van der Waals surface area contributed by atoms with Gasteiger partial charge >= 0.3 is 0 Å². The molecule has 0 radical (unpaired) electrons. The van der Waals surface area contributed by atoms with Crippen LogP contribution in [0, 0.1) is 23.2 Å². The maximum atomic E-state index is 13.8. The van der Waals surface area contributed by atoms with Crippen LogP contribution in [0.15, 0.2) is 18.3 Å². The number of β-amino-alcohol motifs (C(OH)–C–C–N with tert-alkyl or cyclic N) is 1. The highest BCUT2D eigenvalue weighted by Gasteiger charge is 2.39. The minimum atomic E-state index is -2.60. The number of hydrogen-bond acceptors (Lipinski definition) is 6. The molecule has 0 bridgehead atoms. The van der Waals surface area contributed by atoms with E-state index in [1.807, 2.05) is 26.0 Å². The lowest BCUT2D eigenvalue weighted by molar-refractivity contribution is -0.138. The normalized spacial score (nSPS) is 29.5. The highest BCUT2D eigenvalue weighted by atomic mass is 19.3. The number of amides is 1. The summed E-state index contributed by atoms with van der Waals surface area (Å²) in [6.07, 6.45) is 4.80. The minimum absolute atomic E-state index is 0.0414. The summed E-state index contributed by atoms with van der Waals surface area (Å²) in [5, 5.41) is 11.1. The zero-order chi connectivity index (χ0) is 28.0. The molecule has 1 aliphatic carbocycles. The van der Waals surface area contributed by atoms with Gasteiger partial charge in [-0.2, -0.15) is 0 Å². The van der Waals surface area contributed by atoms with Crippen LogP contribution in [0.4, 0.5) is 8.78 Å². The number of methoxy groups -OCH3 is 1. The topological polar surface area (TPSA) is 75.1 Å². The van der Waals surface area contributed by atoms with E-state index in [1.54, 1.807) is 18.2 Å². The lowest BCUT2D eigenvalue weighted by Crippen LogP contribution is -2.48. The van der Waals surface area contributed by atoms with Crippen LogP contribution >= 0.6 is 0 Å². The molecule has 3 aliphatic rings. The molecule has 3 atom stereocenters. The number of halogens is 2. The largest absolute Gasteiger partial charge is 0.481 e. The van der Waals surface area contributed by atoms with Gasteiger partial charge in [0.2, 0.25) is 17.7 Å². The number of alkyl halides is 2. The Labute approximate surface area is 232 Å². The minimum Gasteiger partial charge on any atom is -0.481 e. The van der Waals surface area contributed by atoms with Gasteiger partial charge in [-0.1, -0.05) is 19.9 Å². The summed E-state index contributed by atoms with van der Waals surface area (Å²) in [4.78, 5) is 22.3. The van der Waals surface area contributed by atoms with Crippen molar-refractivity contribution < 1.29 is 28.2 Å². The number of nitrogens with zero attached hydrogens (tertiary/aromatic N) is 3. The van der Waals surface area contributed by atoms with E-state index in [1.165, 1.54) is 0 Å². The number of aliphatic hydroxyl groups is 1. The number of pyridine rings is 1. The molecule has 3 heterocycles. The number of aromatic nitrogens is 1. The third-order valence-corrected chi connectivity index (χ3v) is 9.15. The number of aliphatic hydroxyl groups excluding tert-OH is 1. The van der Waals surface area contributed by atoms with E-state index in [9.17, 15) is 18.7 Å². The lowest BCUT2D eigenvalue weighted by atomic mass is 9.79. The predicted octanol–water partition coefficient (Wildman–Crippen LogP) is 4.77. The van der Waals surface area contributed by atoms with Crippen LogP contribution in [0.2, 0.25) is 0 Å². The Balaban J connectivity index is 1.47. The fourth-order valence-corrected chi connectivity index (χ4v) is 6.43. The van der Waals surface area contributed by atoms with Crippen molar-refractivity contribution in [3.63, 3.8) is 0 Å². The molecule has 2 saturated heterocycles. The second-order valence-electron chi connectivity index (χ2n) is 12.7. The van der Waals surface area contributed by atoms with Gasteiger partial charge in [0.05, 0.1) is 19.8 Å². The highest BCUT2D eigenvalue weighted by molar-refractivity contribution is 5.76. The summed E-state index contributed by atoms with van der Waals surface area (Å²) in [6, 6.07) is 3.98. The van der Waals surface area contributed by atoms with Crippen LogP contribution in [0.25, 0.3) is 0 Å². The van der Waals surface area contributed by atoms with Crippen molar-refractivity contribution in [2.75, 3.05) is 46.5 Å². The molecule has 1 amide bonds. The first kappa shape index (κ1) is 30.1. The molecule has 1 aromatic rings. The van der Waals surface area contributed by atoms with Gasteiger partial charge in [0.25, 0.3) is 0 Å². The van der Waals surface area contributed by atoms with E-state index in [0.717, 1.165) is 44.5 Å². The van der Waals surface area contributed by atoms with Gasteiger partial charge in [-0.15, -0.1) is 0 Å². The van der Waals surface area contributed by atoms with Gasteiger partial charge in [0.1, 0.15) is 0 Å². The van der Waals surface area contributed by atoms with Crippen LogP contribution in [-0.2, 0) is 16.1 Å². The average molecular weight is 552 g/mol. The zero-order valence-electron chi connectivity index (χ0n) is 23.9. The van der Waals surface area contributed by atoms with Crippen molar-refractivity contribution in [3.05, 3.63) is 23.9 Å². The van der Waals surface area contributed by atoms with E-state index in [0.29, 0.717) is 50.8 Å². The monoisotopic (exact) mass is 551 g/mol. The molecule has 220 valence electrons. The van der Waals surface area contributed by atoms with Crippen molar-refractivity contribution in [1.82, 2.24) is 14.8 Å². The number of rotatable bonds is 5. The third-order valence-electron chi connectivity index (χ3n) is 9.15. The summed E-state index contributed by atoms with van der Waals surface area (Å²) in [5.74, 6) is -1.27. The molecule has 1 N–H and O–H groups in total. The Kier molecular flexibility index (Phi) is 10.2. The maximum Gasteiger partial charge on any atom is 0.248 e. The number of carbonyl (C=O) groups is 1. The first-order valence-corrected chi connectivity index (χ1v) is 14.7. The first-order valence-electron chi connectivity index (χ1n) is 14.7. The SMILES string of the molecule is COc1ncccc1CN1CC[C@H]2CC(=O)N(CC3CCC(F)(F)CC3)C[C@H](O)C(C)(C)COCCC[C@H]2C1. The van der Waals surface area contributed by atoms with Gasteiger partial charge in [-0.25, -0.2) is 13.8 Å². The quantitative estimate of drug-likeness (QED) is 0.568. The summed E-state index contributed by atoms with van der Waals surface area (Å²) < 4.78 is 39.0.